The maximum absolute atomic E-state index is 12.0. The lowest BCUT2D eigenvalue weighted by atomic mass is 10.1. The number of rotatable bonds is 3. The molecule has 2 rings (SSSR count). The van der Waals surface area contributed by atoms with Gasteiger partial charge in [0.2, 0.25) is 5.43 Å². The van der Waals surface area contributed by atoms with E-state index in [-0.39, 0.29) is 16.5 Å². The number of pyridine rings is 1. The fourth-order valence-corrected chi connectivity index (χ4v) is 1.94. The molecule has 6 heteroatoms. The Morgan fingerprint density at radius 2 is 1.89 bits per heavy atom. The van der Waals surface area contributed by atoms with Crippen LogP contribution in [0.15, 0.2) is 29.2 Å². The molecular formula is C13H11NO5. The number of carboxylic acids is 2. The Kier molecular flexibility index (Phi) is 3.08. The largest absolute Gasteiger partial charge is 0.478 e. The van der Waals surface area contributed by atoms with Crippen molar-refractivity contribution in [1.29, 1.82) is 0 Å². The monoisotopic (exact) mass is 261 g/mol. The van der Waals surface area contributed by atoms with Crippen molar-refractivity contribution < 1.29 is 19.8 Å². The van der Waals surface area contributed by atoms with Gasteiger partial charge >= 0.3 is 11.9 Å². The summed E-state index contributed by atoms with van der Waals surface area (Å²) in [6.07, 6.45) is 1.27. The summed E-state index contributed by atoms with van der Waals surface area (Å²) in [6, 6.07) is 4.10. The number of fused-ring (bicyclic) bond motifs is 1. The van der Waals surface area contributed by atoms with E-state index in [4.69, 9.17) is 10.2 Å². The summed E-state index contributed by atoms with van der Waals surface area (Å²) in [6.45, 7) is 2.28. The first-order chi connectivity index (χ1) is 8.95. The zero-order chi connectivity index (χ0) is 14.2. The first-order valence-corrected chi connectivity index (χ1v) is 5.59. The van der Waals surface area contributed by atoms with Crippen LogP contribution in [0.5, 0.6) is 0 Å². The van der Waals surface area contributed by atoms with Crippen molar-refractivity contribution in [3.63, 3.8) is 0 Å². The van der Waals surface area contributed by atoms with Crippen molar-refractivity contribution in [2.75, 3.05) is 0 Å². The second-order valence-corrected chi connectivity index (χ2v) is 4.00. The summed E-state index contributed by atoms with van der Waals surface area (Å²) in [5.41, 5.74) is -0.565. The molecule has 0 spiro atoms. The van der Waals surface area contributed by atoms with Crippen LogP contribution in [0, 0.1) is 0 Å². The topological polar surface area (TPSA) is 96.6 Å². The van der Waals surface area contributed by atoms with E-state index in [1.165, 1.54) is 24.4 Å². The highest BCUT2D eigenvalue weighted by Gasteiger charge is 2.15. The fraction of sp³-hybridized carbons (Fsp3) is 0.154. The molecule has 0 atom stereocenters. The predicted octanol–water partition coefficient (Wildman–Crippen LogP) is 1.42. The van der Waals surface area contributed by atoms with Crippen LogP contribution >= 0.6 is 0 Å². The van der Waals surface area contributed by atoms with E-state index in [2.05, 4.69) is 0 Å². The summed E-state index contributed by atoms with van der Waals surface area (Å²) < 4.78 is 1.60. The van der Waals surface area contributed by atoms with Crippen LogP contribution in [0.1, 0.15) is 27.6 Å². The minimum Gasteiger partial charge on any atom is -0.478 e. The molecule has 98 valence electrons. The van der Waals surface area contributed by atoms with Gasteiger partial charge in [-0.2, -0.15) is 0 Å². The molecule has 2 N–H and O–H groups in total. The molecular weight excluding hydrogens is 250 g/mol. The Hall–Kier alpha value is -2.63. The number of aryl methyl sites for hydroxylation is 1. The molecule has 6 nitrogen and oxygen atoms in total. The molecule has 0 aliphatic carbocycles. The van der Waals surface area contributed by atoms with Gasteiger partial charge in [0.15, 0.2) is 0 Å². The molecule has 0 unspecified atom stereocenters. The Bertz CT molecular complexity index is 745. The number of aromatic carboxylic acids is 2. The predicted molar refractivity (Wildman–Crippen MR) is 67.8 cm³/mol. The van der Waals surface area contributed by atoms with Crippen LogP contribution in [0.3, 0.4) is 0 Å². The van der Waals surface area contributed by atoms with Gasteiger partial charge in [0, 0.05) is 18.1 Å². The third kappa shape index (κ3) is 2.08. The van der Waals surface area contributed by atoms with Gasteiger partial charge in [-0.1, -0.05) is 0 Å². The van der Waals surface area contributed by atoms with Crippen molar-refractivity contribution in [3.8, 4) is 0 Å². The van der Waals surface area contributed by atoms with E-state index < -0.39 is 17.4 Å². The second kappa shape index (κ2) is 4.56. The number of hydrogen-bond donors (Lipinski definition) is 2. The minimum atomic E-state index is -1.32. The molecule has 1 aromatic carbocycles. The van der Waals surface area contributed by atoms with Gasteiger partial charge in [0.05, 0.1) is 11.1 Å². The van der Waals surface area contributed by atoms with Crippen molar-refractivity contribution in [2.45, 2.75) is 13.5 Å². The summed E-state index contributed by atoms with van der Waals surface area (Å²) >= 11 is 0. The van der Waals surface area contributed by atoms with E-state index in [1.54, 1.807) is 11.5 Å². The number of nitrogens with zero attached hydrogens (tertiary/aromatic N) is 1. The van der Waals surface area contributed by atoms with Crippen LogP contribution < -0.4 is 5.43 Å². The molecule has 1 aromatic heterocycles. The Morgan fingerprint density at radius 1 is 1.21 bits per heavy atom. The number of carbonyl (C=O) groups is 2. The Morgan fingerprint density at radius 3 is 2.42 bits per heavy atom. The van der Waals surface area contributed by atoms with Gasteiger partial charge in [-0.3, -0.25) is 4.79 Å². The zero-order valence-electron chi connectivity index (χ0n) is 10.1. The van der Waals surface area contributed by atoms with Gasteiger partial charge in [0.1, 0.15) is 5.56 Å². The van der Waals surface area contributed by atoms with Crippen molar-refractivity contribution >= 4 is 22.8 Å². The first-order valence-electron chi connectivity index (χ1n) is 5.59. The number of benzene rings is 1. The Balaban J connectivity index is 2.92. The summed E-state index contributed by atoms with van der Waals surface area (Å²) in [7, 11) is 0. The molecule has 2 aromatic rings. The molecule has 0 aliphatic rings. The maximum Gasteiger partial charge on any atom is 0.341 e. The molecule has 19 heavy (non-hydrogen) atoms. The van der Waals surface area contributed by atoms with E-state index in [9.17, 15) is 14.4 Å². The van der Waals surface area contributed by atoms with Crippen LogP contribution in [0.25, 0.3) is 10.9 Å². The van der Waals surface area contributed by atoms with Gasteiger partial charge in [-0.25, -0.2) is 9.59 Å². The zero-order valence-corrected chi connectivity index (χ0v) is 10.1. The van der Waals surface area contributed by atoms with E-state index in [0.29, 0.717) is 12.1 Å². The highest BCUT2D eigenvalue weighted by Crippen LogP contribution is 2.14. The third-order valence-corrected chi connectivity index (χ3v) is 2.90. The van der Waals surface area contributed by atoms with Crippen LogP contribution in [0.2, 0.25) is 0 Å². The molecule has 0 saturated heterocycles. The molecule has 0 fully saturated rings. The lowest BCUT2D eigenvalue weighted by molar-refractivity contribution is 0.0686. The van der Waals surface area contributed by atoms with E-state index in [0.717, 1.165) is 0 Å². The van der Waals surface area contributed by atoms with Crippen LogP contribution in [-0.4, -0.2) is 26.7 Å². The first kappa shape index (κ1) is 12.8. The molecule has 0 aliphatic heterocycles. The molecule has 0 amide bonds. The quantitative estimate of drug-likeness (QED) is 0.870. The SMILES string of the molecule is CCn1cc(C(=O)O)c(=O)c2cc(C(=O)O)ccc21. The number of aromatic nitrogens is 1. The third-order valence-electron chi connectivity index (χ3n) is 2.90. The van der Waals surface area contributed by atoms with Crippen LogP contribution in [0.4, 0.5) is 0 Å². The van der Waals surface area contributed by atoms with Gasteiger partial charge < -0.3 is 14.8 Å². The van der Waals surface area contributed by atoms with Crippen molar-refractivity contribution in [3.05, 3.63) is 45.7 Å². The fourth-order valence-electron chi connectivity index (χ4n) is 1.94. The average Bonchev–Trinajstić information content (AvgIpc) is 2.38. The molecule has 0 radical (unpaired) electrons. The minimum absolute atomic E-state index is 0.0465. The lowest BCUT2D eigenvalue weighted by Crippen LogP contribution is -2.19. The van der Waals surface area contributed by atoms with Gasteiger partial charge in [0.25, 0.3) is 0 Å². The van der Waals surface area contributed by atoms with Gasteiger partial charge in [-0.05, 0) is 25.1 Å². The molecule has 0 saturated carbocycles. The smallest absolute Gasteiger partial charge is 0.341 e. The Labute approximate surface area is 107 Å². The van der Waals surface area contributed by atoms with E-state index in [1.807, 2.05) is 0 Å². The molecule has 0 bridgehead atoms. The average molecular weight is 261 g/mol. The van der Waals surface area contributed by atoms with Crippen molar-refractivity contribution in [1.82, 2.24) is 4.57 Å². The normalized spacial score (nSPS) is 10.6. The number of hydrogen-bond acceptors (Lipinski definition) is 3. The summed E-state index contributed by atoms with van der Waals surface area (Å²) in [5, 5.41) is 18.0. The highest BCUT2D eigenvalue weighted by atomic mass is 16.4. The maximum atomic E-state index is 12.0. The van der Waals surface area contributed by atoms with Crippen molar-refractivity contribution in [2.24, 2.45) is 0 Å². The van der Waals surface area contributed by atoms with E-state index >= 15 is 0 Å². The van der Waals surface area contributed by atoms with Gasteiger partial charge in [-0.15, -0.1) is 0 Å². The standard InChI is InChI=1S/C13H11NO5/c1-2-14-6-9(13(18)19)11(15)8-5-7(12(16)17)3-4-10(8)14/h3-6H,2H2,1H3,(H,16,17)(H,18,19). The second-order valence-electron chi connectivity index (χ2n) is 4.00. The van der Waals surface area contributed by atoms with Crippen LogP contribution in [-0.2, 0) is 6.54 Å². The summed E-state index contributed by atoms with van der Waals surface area (Å²) in [4.78, 5) is 34.0. The lowest BCUT2D eigenvalue weighted by Gasteiger charge is -2.10. The number of carboxylic acid groups (broad SMARTS) is 2. The summed E-state index contributed by atoms with van der Waals surface area (Å²) in [5.74, 6) is -2.49. The molecule has 1 heterocycles. The highest BCUT2D eigenvalue weighted by molar-refractivity contribution is 5.96.